The molecule has 1 aliphatic heterocycles. The summed E-state index contributed by atoms with van der Waals surface area (Å²) in [5.74, 6) is -1.05. The molecule has 1 aliphatic rings. The Hall–Kier alpha value is -3.44. The van der Waals surface area contributed by atoms with Gasteiger partial charge in [-0.2, -0.15) is 4.31 Å². The normalized spacial score (nSPS) is 14.9. The first-order valence-corrected chi connectivity index (χ1v) is 12.3. The Morgan fingerprint density at radius 2 is 1.74 bits per heavy atom. The number of nitrogens with zero attached hydrogens (tertiary/aromatic N) is 1. The lowest BCUT2D eigenvalue weighted by atomic mass is 10.2. The van der Waals surface area contributed by atoms with Crippen molar-refractivity contribution in [2.24, 2.45) is 0 Å². The van der Waals surface area contributed by atoms with Crippen LogP contribution in [0.1, 0.15) is 37.0 Å². The van der Waals surface area contributed by atoms with Gasteiger partial charge in [-0.1, -0.05) is 25.0 Å². The summed E-state index contributed by atoms with van der Waals surface area (Å²) in [6.45, 7) is 0.515. The second kappa shape index (κ2) is 12.1. The fraction of sp³-hybridized carbons (Fsp3) is 0.348. The molecular weight excluding hydrogens is 462 g/mol. The van der Waals surface area contributed by atoms with Crippen molar-refractivity contribution in [2.75, 3.05) is 19.7 Å². The third-order valence-corrected chi connectivity index (χ3v) is 7.01. The lowest BCUT2D eigenvalue weighted by Crippen LogP contribution is -2.41. The summed E-state index contributed by atoms with van der Waals surface area (Å²) >= 11 is 0. The van der Waals surface area contributed by atoms with Crippen molar-refractivity contribution in [3.05, 3.63) is 60.1 Å². The Morgan fingerprint density at radius 1 is 1.03 bits per heavy atom. The summed E-state index contributed by atoms with van der Waals surface area (Å²) in [6, 6.07) is 8.76. The van der Waals surface area contributed by atoms with Gasteiger partial charge in [0.25, 0.3) is 5.91 Å². The number of benzene rings is 1. The maximum absolute atomic E-state index is 12.8. The molecule has 0 unspecified atom stereocenters. The van der Waals surface area contributed by atoms with E-state index in [1.54, 1.807) is 24.3 Å². The van der Waals surface area contributed by atoms with Crippen LogP contribution in [0.4, 0.5) is 4.79 Å². The third-order valence-electron chi connectivity index (χ3n) is 5.10. The minimum atomic E-state index is -3.54. The fourth-order valence-electron chi connectivity index (χ4n) is 3.32. The van der Waals surface area contributed by atoms with E-state index in [0.29, 0.717) is 24.4 Å². The van der Waals surface area contributed by atoms with Crippen molar-refractivity contribution in [2.45, 2.75) is 37.1 Å². The van der Waals surface area contributed by atoms with Crippen molar-refractivity contribution >= 4 is 34.0 Å². The number of nitrogens with one attached hydrogen (secondary N) is 2. The van der Waals surface area contributed by atoms with Gasteiger partial charge in [0.15, 0.2) is 6.61 Å². The van der Waals surface area contributed by atoms with Gasteiger partial charge in [0.05, 0.1) is 17.7 Å². The highest BCUT2D eigenvalue weighted by molar-refractivity contribution is 7.89. The van der Waals surface area contributed by atoms with Crippen molar-refractivity contribution in [1.29, 1.82) is 0 Å². The molecule has 0 saturated carbocycles. The zero-order valence-electron chi connectivity index (χ0n) is 18.6. The molecule has 1 fully saturated rings. The van der Waals surface area contributed by atoms with Crippen LogP contribution in [0.15, 0.2) is 58.1 Å². The summed E-state index contributed by atoms with van der Waals surface area (Å²) in [5.41, 5.74) is 0.591. The lowest BCUT2D eigenvalue weighted by Gasteiger charge is -2.19. The second-order valence-electron chi connectivity index (χ2n) is 7.64. The fourth-order valence-corrected chi connectivity index (χ4v) is 4.84. The van der Waals surface area contributed by atoms with Gasteiger partial charge in [-0.25, -0.2) is 18.0 Å². The predicted molar refractivity (Wildman–Crippen MR) is 123 cm³/mol. The predicted octanol–water partition coefficient (Wildman–Crippen LogP) is 2.43. The first-order valence-electron chi connectivity index (χ1n) is 10.9. The van der Waals surface area contributed by atoms with E-state index in [1.807, 2.05) is 5.32 Å². The van der Waals surface area contributed by atoms with Gasteiger partial charge in [-0.3, -0.25) is 10.1 Å². The van der Waals surface area contributed by atoms with Gasteiger partial charge in [-0.15, -0.1) is 0 Å². The van der Waals surface area contributed by atoms with Gasteiger partial charge >= 0.3 is 12.0 Å². The number of hydrogen-bond donors (Lipinski definition) is 2. The SMILES string of the molecule is O=C(COC(=O)/C=C/c1ccc(S(=O)(=O)N2CCCCCC2)cc1)NC(=O)NCc1ccco1. The number of urea groups is 1. The van der Waals surface area contributed by atoms with E-state index in [9.17, 15) is 22.8 Å². The maximum atomic E-state index is 12.8. The summed E-state index contributed by atoms with van der Waals surface area (Å²) in [7, 11) is -3.54. The molecule has 0 spiro atoms. The molecular formula is C23H27N3O7S. The highest BCUT2D eigenvalue weighted by Crippen LogP contribution is 2.21. The van der Waals surface area contributed by atoms with Crippen LogP contribution in [0.2, 0.25) is 0 Å². The number of rotatable bonds is 8. The Kier molecular flexibility index (Phi) is 9.00. The average molecular weight is 490 g/mol. The van der Waals surface area contributed by atoms with Crippen LogP contribution < -0.4 is 10.6 Å². The standard InChI is InChI=1S/C23H27N3O7S/c27-21(25-23(29)24-16-19-6-5-15-32-19)17-33-22(28)12-9-18-7-10-20(11-8-18)34(30,31)26-13-3-1-2-4-14-26/h5-12,15H,1-4,13-14,16-17H2,(H2,24,25,27,29)/b12-9+. The van der Waals surface area contributed by atoms with E-state index in [1.165, 1.54) is 28.8 Å². The largest absolute Gasteiger partial charge is 0.467 e. The lowest BCUT2D eigenvalue weighted by molar-refractivity contribution is -0.143. The molecule has 2 aromatic rings. The molecule has 0 bridgehead atoms. The number of hydrogen-bond acceptors (Lipinski definition) is 7. The molecule has 10 nitrogen and oxygen atoms in total. The molecule has 0 aliphatic carbocycles. The average Bonchev–Trinajstić information content (AvgIpc) is 3.19. The van der Waals surface area contributed by atoms with Crippen molar-refractivity contribution in [1.82, 2.24) is 14.9 Å². The van der Waals surface area contributed by atoms with Crippen LogP contribution in [-0.4, -0.2) is 50.3 Å². The van der Waals surface area contributed by atoms with Gasteiger partial charge < -0.3 is 14.5 Å². The van der Waals surface area contributed by atoms with E-state index in [2.05, 4.69) is 5.32 Å². The third kappa shape index (κ3) is 7.56. The summed E-state index contributed by atoms with van der Waals surface area (Å²) in [6.07, 6.45) is 7.80. The Bertz CT molecular complexity index is 1100. The number of carbonyl (C=O) groups is 3. The Morgan fingerprint density at radius 3 is 2.38 bits per heavy atom. The minimum absolute atomic E-state index is 0.104. The van der Waals surface area contributed by atoms with E-state index in [-0.39, 0.29) is 11.4 Å². The molecule has 2 N–H and O–H groups in total. The first-order chi connectivity index (χ1) is 16.3. The van der Waals surface area contributed by atoms with Crippen LogP contribution in [-0.2, 0) is 30.9 Å². The number of carbonyl (C=O) groups excluding carboxylic acids is 3. The molecule has 3 amide bonds. The molecule has 1 aromatic carbocycles. The number of imide groups is 1. The van der Waals surface area contributed by atoms with Gasteiger partial charge in [0.1, 0.15) is 5.76 Å². The minimum Gasteiger partial charge on any atom is -0.467 e. The van der Waals surface area contributed by atoms with Crippen LogP contribution >= 0.6 is 0 Å². The van der Waals surface area contributed by atoms with E-state index < -0.39 is 34.5 Å². The van der Waals surface area contributed by atoms with Crippen LogP contribution in [0.5, 0.6) is 0 Å². The number of furan rings is 1. The van der Waals surface area contributed by atoms with Crippen molar-refractivity contribution in [3.63, 3.8) is 0 Å². The van der Waals surface area contributed by atoms with Crippen molar-refractivity contribution in [3.8, 4) is 0 Å². The molecule has 11 heteroatoms. The number of esters is 1. The van der Waals surface area contributed by atoms with Crippen molar-refractivity contribution < 1.29 is 32.0 Å². The first kappa shape index (κ1) is 25.2. The molecule has 1 saturated heterocycles. The quantitative estimate of drug-likeness (QED) is 0.429. The Balaban J connectivity index is 1.43. The molecule has 3 rings (SSSR count). The highest BCUT2D eigenvalue weighted by Gasteiger charge is 2.24. The molecule has 182 valence electrons. The topological polar surface area (TPSA) is 135 Å². The zero-order valence-corrected chi connectivity index (χ0v) is 19.4. The number of sulfonamides is 1. The summed E-state index contributed by atoms with van der Waals surface area (Å²) in [5, 5.41) is 4.45. The molecule has 1 aromatic heterocycles. The summed E-state index contributed by atoms with van der Waals surface area (Å²) < 4.78 is 37.0. The van der Waals surface area contributed by atoms with Gasteiger partial charge in [0, 0.05) is 19.2 Å². The highest BCUT2D eigenvalue weighted by atomic mass is 32.2. The number of amides is 3. The molecule has 2 heterocycles. The maximum Gasteiger partial charge on any atom is 0.331 e. The molecule has 0 atom stereocenters. The smallest absolute Gasteiger partial charge is 0.331 e. The van der Waals surface area contributed by atoms with E-state index >= 15 is 0 Å². The molecule has 34 heavy (non-hydrogen) atoms. The van der Waals surface area contributed by atoms with Crippen LogP contribution in [0.3, 0.4) is 0 Å². The molecule has 0 radical (unpaired) electrons. The Labute approximate surface area is 198 Å². The van der Waals surface area contributed by atoms with Gasteiger partial charge in [-0.05, 0) is 48.7 Å². The zero-order chi connectivity index (χ0) is 24.4. The van der Waals surface area contributed by atoms with Crippen LogP contribution in [0, 0.1) is 0 Å². The van der Waals surface area contributed by atoms with E-state index in [0.717, 1.165) is 31.8 Å². The monoisotopic (exact) mass is 489 g/mol. The van der Waals surface area contributed by atoms with Crippen LogP contribution in [0.25, 0.3) is 6.08 Å². The summed E-state index contributed by atoms with van der Waals surface area (Å²) in [4.78, 5) is 35.4. The second-order valence-corrected chi connectivity index (χ2v) is 9.58. The van der Waals surface area contributed by atoms with Gasteiger partial charge in [0.2, 0.25) is 10.0 Å². The van der Waals surface area contributed by atoms with E-state index in [4.69, 9.17) is 9.15 Å². The number of ether oxygens (including phenoxy) is 1.